The van der Waals surface area contributed by atoms with E-state index in [0.29, 0.717) is 12.4 Å². The number of aliphatic hydroxyl groups is 1. The molecule has 1 unspecified atom stereocenters. The number of likely N-dealkylation sites (N-methyl/N-ethyl adjacent to an activating group) is 1. The van der Waals surface area contributed by atoms with Gasteiger partial charge >= 0.3 is 0 Å². The minimum absolute atomic E-state index is 0.252. The zero-order valence-electron chi connectivity index (χ0n) is 10.8. The summed E-state index contributed by atoms with van der Waals surface area (Å²) in [4.78, 5) is 2.04. The van der Waals surface area contributed by atoms with Crippen molar-refractivity contribution >= 4 is 0 Å². The largest absolute Gasteiger partial charge is 0.466 e. The Labute approximate surface area is 107 Å². The van der Waals surface area contributed by atoms with Crippen LogP contribution in [0.1, 0.15) is 11.9 Å². The van der Waals surface area contributed by atoms with E-state index in [9.17, 15) is 5.11 Å². The summed E-state index contributed by atoms with van der Waals surface area (Å²) < 4.78 is 10.8. The van der Waals surface area contributed by atoms with Crippen LogP contribution in [0.3, 0.4) is 0 Å². The van der Waals surface area contributed by atoms with Crippen LogP contribution in [0, 0.1) is 0 Å². The van der Waals surface area contributed by atoms with Gasteiger partial charge in [0, 0.05) is 12.1 Å². The van der Waals surface area contributed by atoms with Gasteiger partial charge < -0.3 is 19.2 Å². The summed E-state index contributed by atoms with van der Waals surface area (Å²) in [7, 11) is 3.97. The molecule has 2 aliphatic rings. The van der Waals surface area contributed by atoms with Gasteiger partial charge in [-0.15, -0.1) is 0 Å². The third kappa shape index (κ3) is 3.10. The molecule has 1 heterocycles. The second kappa shape index (κ2) is 6.00. The molecule has 2 rings (SSSR count). The summed E-state index contributed by atoms with van der Waals surface area (Å²) in [5, 5.41) is 10.1. The van der Waals surface area contributed by atoms with Gasteiger partial charge in [-0.1, -0.05) is 18.2 Å². The molecule has 0 bridgehead atoms. The van der Waals surface area contributed by atoms with Crippen LogP contribution < -0.4 is 0 Å². The summed E-state index contributed by atoms with van der Waals surface area (Å²) >= 11 is 0. The van der Waals surface area contributed by atoms with Crippen molar-refractivity contribution in [2.75, 3.05) is 33.9 Å². The number of aliphatic hydroxyl groups excluding tert-OH is 1. The van der Waals surface area contributed by atoms with E-state index in [0.717, 1.165) is 17.7 Å². The predicted octanol–water partition coefficient (Wildman–Crippen LogP) is 2.00. The van der Waals surface area contributed by atoms with E-state index in [1.807, 2.05) is 43.3 Å². The molecule has 4 nitrogen and oxygen atoms in total. The number of nitrogens with zero attached hydrogens (tertiary/aromatic N) is 1. The quantitative estimate of drug-likeness (QED) is 0.795. The fourth-order valence-corrected chi connectivity index (χ4v) is 1.82. The van der Waals surface area contributed by atoms with Gasteiger partial charge in [0.25, 0.3) is 0 Å². The van der Waals surface area contributed by atoms with Crippen LogP contribution in [0.15, 0.2) is 34.9 Å². The van der Waals surface area contributed by atoms with Gasteiger partial charge in [-0.25, -0.2) is 0 Å². The predicted molar refractivity (Wildman–Crippen MR) is 69.7 cm³/mol. The SMILES string of the molecule is CN(C)CCOCC(O)c1occc2cccc1-2. The maximum absolute atomic E-state index is 10.1. The van der Waals surface area contributed by atoms with Crippen LogP contribution in [0.4, 0.5) is 0 Å². The molecule has 18 heavy (non-hydrogen) atoms. The average Bonchev–Trinajstić information content (AvgIpc) is 2.82. The summed E-state index contributed by atoms with van der Waals surface area (Å²) in [5.41, 5.74) is 2.02. The molecule has 1 aliphatic carbocycles. The lowest BCUT2D eigenvalue weighted by Crippen LogP contribution is -2.19. The summed E-state index contributed by atoms with van der Waals surface area (Å²) in [6.45, 7) is 1.69. The zero-order chi connectivity index (χ0) is 13.0. The third-order valence-electron chi connectivity index (χ3n) is 2.82. The van der Waals surface area contributed by atoms with Gasteiger partial charge in [-0.2, -0.15) is 0 Å². The molecular weight excluding hydrogens is 230 g/mol. The molecule has 0 amide bonds. The molecule has 1 atom stereocenters. The monoisotopic (exact) mass is 249 g/mol. The Morgan fingerprint density at radius 3 is 2.94 bits per heavy atom. The van der Waals surface area contributed by atoms with Gasteiger partial charge in [0.1, 0.15) is 11.9 Å². The van der Waals surface area contributed by atoms with Crippen LogP contribution in [0.25, 0.3) is 11.1 Å². The number of fused-ring (bicyclic) bond motifs is 1. The van der Waals surface area contributed by atoms with Crippen molar-refractivity contribution in [1.82, 2.24) is 4.90 Å². The van der Waals surface area contributed by atoms with Crippen LogP contribution in [0.5, 0.6) is 0 Å². The molecule has 4 heteroatoms. The van der Waals surface area contributed by atoms with Crippen molar-refractivity contribution in [3.8, 4) is 11.1 Å². The van der Waals surface area contributed by atoms with Crippen molar-refractivity contribution in [2.24, 2.45) is 0 Å². The standard InChI is InChI=1S/C14H19NO3/c1-15(2)7-9-17-10-13(16)14-12-5-3-4-11(12)6-8-18-14/h3-6,8,13,16H,7,9-10H2,1-2H3. The molecule has 0 spiro atoms. The Morgan fingerprint density at radius 2 is 2.17 bits per heavy atom. The Balaban J connectivity index is 1.93. The van der Waals surface area contributed by atoms with Gasteiger partial charge in [0.15, 0.2) is 0 Å². The second-order valence-electron chi connectivity index (χ2n) is 4.57. The lowest BCUT2D eigenvalue weighted by atomic mass is 10.1. The Bertz CT molecular complexity index is 452. The number of hydrogen-bond acceptors (Lipinski definition) is 4. The first-order valence-electron chi connectivity index (χ1n) is 6.05. The number of rotatable bonds is 6. The number of hydrogen-bond donors (Lipinski definition) is 1. The highest BCUT2D eigenvalue weighted by Gasteiger charge is 2.17. The summed E-state index contributed by atoms with van der Waals surface area (Å²) in [6.07, 6.45) is 0.874. The first-order chi connectivity index (χ1) is 8.68. The van der Waals surface area contributed by atoms with Crippen molar-refractivity contribution in [2.45, 2.75) is 6.10 Å². The Morgan fingerprint density at radius 1 is 1.33 bits per heavy atom. The molecule has 0 aromatic rings. The van der Waals surface area contributed by atoms with Crippen molar-refractivity contribution < 1.29 is 14.3 Å². The summed E-state index contributed by atoms with van der Waals surface area (Å²) in [5.74, 6) is 0.572. The summed E-state index contributed by atoms with van der Waals surface area (Å²) in [6, 6.07) is 7.77. The molecule has 0 aromatic heterocycles. The van der Waals surface area contributed by atoms with Gasteiger partial charge in [0.2, 0.25) is 0 Å². The molecule has 0 saturated heterocycles. The molecule has 98 valence electrons. The van der Waals surface area contributed by atoms with Crippen LogP contribution in [-0.2, 0) is 4.74 Å². The fraction of sp³-hybridized carbons (Fsp3) is 0.429. The van der Waals surface area contributed by atoms with E-state index in [1.165, 1.54) is 0 Å². The highest BCUT2D eigenvalue weighted by molar-refractivity contribution is 5.68. The van der Waals surface area contributed by atoms with E-state index in [2.05, 4.69) is 0 Å². The maximum atomic E-state index is 10.1. The molecule has 0 saturated carbocycles. The second-order valence-corrected chi connectivity index (χ2v) is 4.57. The highest BCUT2D eigenvalue weighted by atomic mass is 16.5. The minimum atomic E-state index is -0.724. The Kier molecular flexibility index (Phi) is 4.36. The van der Waals surface area contributed by atoms with Crippen LogP contribution in [-0.4, -0.2) is 43.9 Å². The molecular formula is C14H19NO3. The van der Waals surface area contributed by atoms with Gasteiger partial charge in [-0.3, -0.25) is 0 Å². The topological polar surface area (TPSA) is 45.8 Å². The Hall–Kier alpha value is -1.36. The normalized spacial score (nSPS) is 13.3. The van der Waals surface area contributed by atoms with E-state index in [-0.39, 0.29) is 6.61 Å². The van der Waals surface area contributed by atoms with Gasteiger partial charge in [-0.05, 0) is 25.7 Å². The molecule has 1 N–H and O–H groups in total. The minimum Gasteiger partial charge on any atom is -0.466 e. The molecule has 0 radical (unpaired) electrons. The van der Waals surface area contributed by atoms with E-state index in [4.69, 9.17) is 9.15 Å². The van der Waals surface area contributed by atoms with Crippen LogP contribution >= 0.6 is 0 Å². The third-order valence-corrected chi connectivity index (χ3v) is 2.82. The van der Waals surface area contributed by atoms with Crippen LogP contribution in [0.2, 0.25) is 0 Å². The van der Waals surface area contributed by atoms with Crippen molar-refractivity contribution in [1.29, 1.82) is 0 Å². The lowest BCUT2D eigenvalue weighted by Gasteiger charge is -2.15. The zero-order valence-corrected chi connectivity index (χ0v) is 10.8. The van der Waals surface area contributed by atoms with Crippen molar-refractivity contribution in [3.63, 3.8) is 0 Å². The first kappa shape index (κ1) is 13.1. The molecule has 0 aromatic carbocycles. The number of ether oxygens (including phenoxy) is 1. The average molecular weight is 249 g/mol. The van der Waals surface area contributed by atoms with E-state index < -0.39 is 6.10 Å². The van der Waals surface area contributed by atoms with Gasteiger partial charge in [0.05, 0.1) is 19.5 Å². The maximum Gasteiger partial charge on any atom is 0.142 e. The smallest absolute Gasteiger partial charge is 0.142 e. The van der Waals surface area contributed by atoms with Crippen molar-refractivity contribution in [3.05, 3.63) is 36.3 Å². The van der Waals surface area contributed by atoms with E-state index >= 15 is 0 Å². The molecule has 0 fully saturated rings. The van der Waals surface area contributed by atoms with E-state index in [1.54, 1.807) is 6.26 Å². The lowest BCUT2D eigenvalue weighted by molar-refractivity contribution is 0.0200. The first-order valence-corrected chi connectivity index (χ1v) is 6.05. The highest BCUT2D eigenvalue weighted by Crippen LogP contribution is 2.30. The molecule has 1 aliphatic heterocycles. The fourth-order valence-electron chi connectivity index (χ4n) is 1.82.